The average Bonchev–Trinajstić information content (AvgIpc) is 2.49. The minimum Gasteiger partial charge on any atom is -0.489 e. The zero-order valence-corrected chi connectivity index (χ0v) is 12.9. The fourth-order valence-corrected chi connectivity index (χ4v) is 2.19. The average molecular weight is 275 g/mol. The molecule has 0 fully saturated rings. The molecule has 2 nitrogen and oxygen atoms in total. The number of unbranched alkanes of at least 4 members (excludes halogenated alkanes) is 5. The molecule has 0 saturated carbocycles. The molecule has 0 amide bonds. The van der Waals surface area contributed by atoms with E-state index in [1.807, 2.05) is 12.1 Å². The van der Waals surface area contributed by atoms with Crippen LogP contribution in [0.2, 0.25) is 0 Å². The maximum Gasteiger partial charge on any atom is 0.124 e. The van der Waals surface area contributed by atoms with E-state index in [2.05, 4.69) is 31.0 Å². The smallest absolute Gasteiger partial charge is 0.124 e. The lowest BCUT2D eigenvalue weighted by atomic mass is 10.1. The first-order chi connectivity index (χ1) is 9.88. The third-order valence-electron chi connectivity index (χ3n) is 3.35. The second-order valence-corrected chi connectivity index (χ2v) is 5.15. The highest BCUT2D eigenvalue weighted by Crippen LogP contribution is 2.17. The molecule has 0 heterocycles. The van der Waals surface area contributed by atoms with Gasteiger partial charge in [0.15, 0.2) is 0 Å². The Morgan fingerprint density at radius 2 is 1.85 bits per heavy atom. The summed E-state index contributed by atoms with van der Waals surface area (Å²) in [6, 6.07) is 8.20. The second-order valence-electron chi connectivity index (χ2n) is 5.15. The number of nitrogens with one attached hydrogen (secondary N) is 1. The van der Waals surface area contributed by atoms with Crippen LogP contribution in [0.5, 0.6) is 5.75 Å². The Bertz CT molecular complexity index is 362. The zero-order chi connectivity index (χ0) is 14.5. The van der Waals surface area contributed by atoms with Gasteiger partial charge in [0.2, 0.25) is 0 Å². The maximum absolute atomic E-state index is 5.65. The van der Waals surface area contributed by atoms with Gasteiger partial charge in [-0.25, -0.2) is 0 Å². The molecule has 2 heteroatoms. The molecule has 0 unspecified atom stereocenters. The van der Waals surface area contributed by atoms with Crippen molar-refractivity contribution in [3.05, 3.63) is 42.5 Å². The molecule has 0 aliphatic carbocycles. The lowest BCUT2D eigenvalue weighted by Gasteiger charge is -2.11. The van der Waals surface area contributed by atoms with Crippen LogP contribution in [-0.4, -0.2) is 13.2 Å². The minimum absolute atomic E-state index is 0.564. The van der Waals surface area contributed by atoms with Gasteiger partial charge < -0.3 is 10.1 Å². The molecule has 0 radical (unpaired) electrons. The van der Waals surface area contributed by atoms with Gasteiger partial charge in [0.25, 0.3) is 0 Å². The fraction of sp³-hybridized carbons (Fsp3) is 0.556. The lowest BCUT2D eigenvalue weighted by molar-refractivity contribution is 0.358. The van der Waals surface area contributed by atoms with Gasteiger partial charge in [0.1, 0.15) is 12.4 Å². The Hall–Kier alpha value is -1.28. The van der Waals surface area contributed by atoms with Crippen LogP contribution in [0.25, 0.3) is 0 Å². The van der Waals surface area contributed by atoms with Crippen molar-refractivity contribution in [3.8, 4) is 5.75 Å². The van der Waals surface area contributed by atoms with Crippen LogP contribution in [0.3, 0.4) is 0 Å². The quantitative estimate of drug-likeness (QED) is 0.441. The summed E-state index contributed by atoms with van der Waals surface area (Å²) in [5, 5.41) is 3.50. The van der Waals surface area contributed by atoms with Gasteiger partial charge in [-0.15, -0.1) is 0 Å². The Morgan fingerprint density at radius 1 is 1.10 bits per heavy atom. The predicted molar refractivity (Wildman–Crippen MR) is 87.2 cm³/mol. The number of hydrogen-bond donors (Lipinski definition) is 1. The van der Waals surface area contributed by atoms with Crippen molar-refractivity contribution in [2.45, 2.75) is 52.0 Å². The molecule has 0 aliphatic heterocycles. The summed E-state index contributed by atoms with van der Waals surface area (Å²) in [5.41, 5.74) is 1.22. The number of rotatable bonds is 12. The molecular weight excluding hydrogens is 246 g/mol. The van der Waals surface area contributed by atoms with E-state index >= 15 is 0 Å². The highest BCUT2D eigenvalue weighted by Gasteiger charge is 2.01. The normalized spacial score (nSPS) is 10.4. The Labute approximate surface area is 124 Å². The summed E-state index contributed by atoms with van der Waals surface area (Å²) < 4.78 is 5.65. The van der Waals surface area contributed by atoms with E-state index in [4.69, 9.17) is 4.74 Å². The molecule has 0 bridgehead atoms. The molecule has 0 aliphatic rings. The van der Waals surface area contributed by atoms with Gasteiger partial charge in [-0.1, -0.05) is 69.9 Å². The van der Waals surface area contributed by atoms with E-state index in [1.165, 1.54) is 44.1 Å². The van der Waals surface area contributed by atoms with Crippen LogP contribution >= 0.6 is 0 Å². The van der Waals surface area contributed by atoms with Gasteiger partial charge in [-0.3, -0.25) is 0 Å². The summed E-state index contributed by atoms with van der Waals surface area (Å²) in [6.45, 7) is 8.47. The topological polar surface area (TPSA) is 21.3 Å². The second kappa shape index (κ2) is 11.5. The lowest BCUT2D eigenvalue weighted by Crippen LogP contribution is -2.15. The Morgan fingerprint density at radius 3 is 2.65 bits per heavy atom. The molecule has 1 rings (SSSR count). The highest BCUT2D eigenvalue weighted by molar-refractivity contribution is 5.33. The summed E-state index contributed by atoms with van der Waals surface area (Å²) in [4.78, 5) is 0. The van der Waals surface area contributed by atoms with Crippen molar-refractivity contribution >= 4 is 0 Å². The largest absolute Gasteiger partial charge is 0.489 e. The van der Waals surface area contributed by atoms with Crippen LogP contribution in [-0.2, 0) is 6.54 Å². The third kappa shape index (κ3) is 7.34. The van der Waals surface area contributed by atoms with Crippen molar-refractivity contribution in [1.82, 2.24) is 5.32 Å². The summed E-state index contributed by atoms with van der Waals surface area (Å²) in [7, 11) is 0. The SMILES string of the molecule is C=CCOc1ccccc1CNCCCCCCCC. The molecule has 0 saturated heterocycles. The number of para-hydroxylation sites is 1. The van der Waals surface area contributed by atoms with Crippen LogP contribution in [0, 0.1) is 0 Å². The Kier molecular flexibility index (Phi) is 9.68. The van der Waals surface area contributed by atoms with Crippen LogP contribution in [0.1, 0.15) is 51.0 Å². The monoisotopic (exact) mass is 275 g/mol. The first-order valence-corrected chi connectivity index (χ1v) is 7.90. The van der Waals surface area contributed by atoms with Gasteiger partial charge >= 0.3 is 0 Å². The van der Waals surface area contributed by atoms with Crippen molar-refractivity contribution in [2.24, 2.45) is 0 Å². The van der Waals surface area contributed by atoms with E-state index in [9.17, 15) is 0 Å². The van der Waals surface area contributed by atoms with E-state index in [0.717, 1.165) is 18.8 Å². The van der Waals surface area contributed by atoms with Gasteiger partial charge in [0.05, 0.1) is 0 Å². The molecule has 1 aromatic rings. The highest BCUT2D eigenvalue weighted by atomic mass is 16.5. The molecule has 1 N–H and O–H groups in total. The molecule has 112 valence electrons. The van der Waals surface area contributed by atoms with Crippen molar-refractivity contribution in [3.63, 3.8) is 0 Å². The fourth-order valence-electron chi connectivity index (χ4n) is 2.19. The van der Waals surface area contributed by atoms with Crippen molar-refractivity contribution in [1.29, 1.82) is 0 Å². The standard InChI is InChI=1S/C18H29NO/c1-3-5-6-7-8-11-14-19-16-17-12-9-10-13-18(17)20-15-4-2/h4,9-10,12-13,19H,2-3,5-8,11,14-16H2,1H3. The van der Waals surface area contributed by atoms with E-state index in [1.54, 1.807) is 6.08 Å². The molecule has 0 aromatic heterocycles. The van der Waals surface area contributed by atoms with Crippen LogP contribution in [0.4, 0.5) is 0 Å². The zero-order valence-electron chi connectivity index (χ0n) is 12.9. The van der Waals surface area contributed by atoms with Crippen molar-refractivity contribution < 1.29 is 4.74 Å². The third-order valence-corrected chi connectivity index (χ3v) is 3.35. The van der Waals surface area contributed by atoms with Crippen LogP contribution < -0.4 is 10.1 Å². The van der Waals surface area contributed by atoms with Crippen LogP contribution in [0.15, 0.2) is 36.9 Å². The van der Waals surface area contributed by atoms with Gasteiger partial charge in [-0.2, -0.15) is 0 Å². The number of hydrogen-bond acceptors (Lipinski definition) is 2. The van der Waals surface area contributed by atoms with E-state index in [-0.39, 0.29) is 0 Å². The molecule has 1 aromatic carbocycles. The van der Waals surface area contributed by atoms with Gasteiger partial charge in [-0.05, 0) is 19.0 Å². The molecule has 20 heavy (non-hydrogen) atoms. The number of benzene rings is 1. The summed E-state index contributed by atoms with van der Waals surface area (Å²) in [6.07, 6.45) is 9.83. The predicted octanol–water partition coefficient (Wildman–Crippen LogP) is 4.70. The first kappa shape index (κ1) is 16.8. The molecule has 0 spiro atoms. The van der Waals surface area contributed by atoms with Crippen molar-refractivity contribution in [2.75, 3.05) is 13.2 Å². The number of ether oxygens (including phenoxy) is 1. The van der Waals surface area contributed by atoms with Gasteiger partial charge in [0, 0.05) is 12.1 Å². The summed E-state index contributed by atoms with van der Waals surface area (Å²) >= 11 is 0. The van der Waals surface area contributed by atoms with E-state index < -0.39 is 0 Å². The first-order valence-electron chi connectivity index (χ1n) is 7.90. The minimum atomic E-state index is 0.564. The Balaban J connectivity index is 2.16. The summed E-state index contributed by atoms with van der Waals surface area (Å²) in [5.74, 6) is 0.961. The maximum atomic E-state index is 5.65. The molecular formula is C18H29NO. The van der Waals surface area contributed by atoms with E-state index in [0.29, 0.717) is 6.61 Å². The molecule has 0 atom stereocenters.